The quantitative estimate of drug-likeness (QED) is 0.728. The smallest absolute Gasteiger partial charge is 0.275 e. The van der Waals surface area contributed by atoms with Crippen molar-refractivity contribution in [2.75, 3.05) is 12.5 Å². The highest BCUT2D eigenvalue weighted by Crippen LogP contribution is 2.32. The van der Waals surface area contributed by atoms with Crippen molar-refractivity contribution in [1.29, 1.82) is 0 Å². The molecule has 4 rings (SSSR count). The Labute approximate surface area is 153 Å². The van der Waals surface area contributed by atoms with Crippen molar-refractivity contribution >= 4 is 23.3 Å². The number of benzene rings is 2. The third-order valence-corrected chi connectivity index (χ3v) is 4.21. The van der Waals surface area contributed by atoms with E-state index in [1.165, 1.54) is 4.68 Å². The number of nitrogen functional groups attached to an aromatic ring is 1. The monoisotopic (exact) mass is 371 g/mol. The number of hydrogen-bond acceptors (Lipinski definition) is 6. The summed E-state index contributed by atoms with van der Waals surface area (Å²) in [7, 11) is 0. The van der Waals surface area contributed by atoms with E-state index < -0.39 is 5.91 Å². The Morgan fingerprint density at radius 3 is 2.88 bits per heavy atom. The van der Waals surface area contributed by atoms with Crippen LogP contribution in [0.15, 0.2) is 42.5 Å². The first kappa shape index (κ1) is 16.2. The highest BCUT2D eigenvalue weighted by atomic mass is 35.5. The van der Waals surface area contributed by atoms with Crippen LogP contribution >= 0.6 is 11.6 Å². The third kappa shape index (κ3) is 2.91. The molecule has 0 spiro atoms. The van der Waals surface area contributed by atoms with Gasteiger partial charge in [0.2, 0.25) is 6.79 Å². The van der Waals surface area contributed by atoms with Crippen LogP contribution in [0.3, 0.4) is 0 Å². The molecule has 9 heteroatoms. The first-order chi connectivity index (χ1) is 12.6. The van der Waals surface area contributed by atoms with Crippen molar-refractivity contribution < 1.29 is 14.3 Å². The maximum atomic E-state index is 12.4. The summed E-state index contributed by atoms with van der Waals surface area (Å²) in [6.45, 7) is 0.487. The number of para-hydroxylation sites is 1. The normalized spacial score (nSPS) is 12.2. The molecule has 0 saturated heterocycles. The van der Waals surface area contributed by atoms with Gasteiger partial charge in [-0.2, -0.15) is 4.68 Å². The van der Waals surface area contributed by atoms with Crippen molar-refractivity contribution in [3.8, 4) is 17.2 Å². The molecular formula is C17H14ClN5O3. The molecule has 132 valence electrons. The molecule has 3 aromatic rings. The fourth-order valence-corrected chi connectivity index (χ4v) is 2.79. The highest BCUT2D eigenvalue weighted by molar-refractivity contribution is 6.32. The van der Waals surface area contributed by atoms with Crippen LogP contribution in [0.2, 0.25) is 5.02 Å². The zero-order valence-corrected chi connectivity index (χ0v) is 14.2. The third-order valence-electron chi connectivity index (χ3n) is 3.89. The number of amides is 1. The topological polar surface area (TPSA) is 104 Å². The van der Waals surface area contributed by atoms with Crippen molar-refractivity contribution in [3.05, 3.63) is 58.7 Å². The summed E-state index contributed by atoms with van der Waals surface area (Å²) in [5.74, 6) is 1.02. The average molecular weight is 372 g/mol. The molecule has 1 aliphatic heterocycles. The lowest BCUT2D eigenvalue weighted by Crippen LogP contribution is -2.24. The summed E-state index contributed by atoms with van der Waals surface area (Å²) in [6.07, 6.45) is 0. The number of halogens is 1. The summed E-state index contributed by atoms with van der Waals surface area (Å²) in [4.78, 5) is 12.4. The predicted molar refractivity (Wildman–Crippen MR) is 94.5 cm³/mol. The zero-order chi connectivity index (χ0) is 18.1. The van der Waals surface area contributed by atoms with E-state index in [1.54, 1.807) is 30.3 Å². The molecule has 0 radical (unpaired) electrons. The van der Waals surface area contributed by atoms with Gasteiger partial charge in [0.05, 0.1) is 10.7 Å². The van der Waals surface area contributed by atoms with E-state index in [4.69, 9.17) is 26.8 Å². The van der Waals surface area contributed by atoms with Gasteiger partial charge in [-0.15, -0.1) is 5.10 Å². The second-order valence-electron chi connectivity index (χ2n) is 5.56. The van der Waals surface area contributed by atoms with Crippen molar-refractivity contribution in [3.63, 3.8) is 0 Å². The molecule has 26 heavy (non-hydrogen) atoms. The van der Waals surface area contributed by atoms with Crippen LogP contribution in [0, 0.1) is 0 Å². The number of rotatable bonds is 4. The van der Waals surface area contributed by atoms with Gasteiger partial charge in [-0.3, -0.25) is 4.79 Å². The molecule has 1 amide bonds. The van der Waals surface area contributed by atoms with Crippen LogP contribution in [0.25, 0.3) is 5.69 Å². The summed E-state index contributed by atoms with van der Waals surface area (Å²) in [5.41, 5.74) is 7.47. The van der Waals surface area contributed by atoms with Crippen LogP contribution in [0.5, 0.6) is 11.5 Å². The molecule has 0 bridgehead atoms. The van der Waals surface area contributed by atoms with E-state index in [1.807, 2.05) is 12.1 Å². The molecule has 0 unspecified atom stereocenters. The van der Waals surface area contributed by atoms with Crippen LogP contribution in [0.4, 0.5) is 5.82 Å². The number of hydrogen-bond donors (Lipinski definition) is 2. The van der Waals surface area contributed by atoms with E-state index in [0.29, 0.717) is 22.2 Å². The van der Waals surface area contributed by atoms with Crippen molar-refractivity contribution in [2.24, 2.45) is 0 Å². The Balaban J connectivity index is 1.50. The van der Waals surface area contributed by atoms with Crippen LogP contribution in [-0.4, -0.2) is 27.7 Å². The Hall–Kier alpha value is -3.26. The molecular weight excluding hydrogens is 358 g/mol. The summed E-state index contributed by atoms with van der Waals surface area (Å²) in [6, 6.07) is 12.5. The van der Waals surface area contributed by atoms with Gasteiger partial charge in [-0.1, -0.05) is 35.0 Å². The molecule has 1 aromatic heterocycles. The molecule has 0 fully saturated rings. The highest BCUT2D eigenvalue weighted by Gasteiger charge is 2.20. The van der Waals surface area contributed by atoms with E-state index in [2.05, 4.69) is 15.6 Å². The van der Waals surface area contributed by atoms with Gasteiger partial charge in [-0.25, -0.2) is 0 Å². The Morgan fingerprint density at radius 1 is 1.23 bits per heavy atom. The lowest BCUT2D eigenvalue weighted by Gasteiger charge is -2.06. The van der Waals surface area contributed by atoms with Crippen LogP contribution in [0.1, 0.15) is 16.1 Å². The Bertz CT molecular complexity index is 988. The fraction of sp³-hybridized carbons (Fsp3) is 0.118. The molecule has 2 heterocycles. The Kier molecular flexibility index (Phi) is 4.10. The van der Waals surface area contributed by atoms with E-state index in [0.717, 1.165) is 5.56 Å². The van der Waals surface area contributed by atoms with Gasteiger partial charge in [0.15, 0.2) is 23.0 Å². The van der Waals surface area contributed by atoms with Gasteiger partial charge in [0.25, 0.3) is 5.91 Å². The summed E-state index contributed by atoms with van der Waals surface area (Å²) >= 11 is 6.14. The first-order valence-electron chi connectivity index (χ1n) is 7.76. The second-order valence-corrected chi connectivity index (χ2v) is 5.96. The minimum atomic E-state index is -0.432. The average Bonchev–Trinajstić information content (AvgIpc) is 3.26. The largest absolute Gasteiger partial charge is 0.454 e. The molecule has 0 atom stereocenters. The number of anilines is 1. The number of carbonyl (C=O) groups is 1. The fourth-order valence-electron chi connectivity index (χ4n) is 2.57. The predicted octanol–water partition coefficient (Wildman–Crippen LogP) is 2.16. The maximum absolute atomic E-state index is 12.4. The maximum Gasteiger partial charge on any atom is 0.275 e. The zero-order valence-electron chi connectivity index (χ0n) is 13.5. The lowest BCUT2D eigenvalue weighted by molar-refractivity contribution is 0.0946. The number of carbonyl (C=O) groups excluding carboxylic acids is 1. The second kappa shape index (κ2) is 6.57. The molecule has 3 N–H and O–H groups in total. The minimum absolute atomic E-state index is 0.0330. The van der Waals surface area contributed by atoms with Gasteiger partial charge >= 0.3 is 0 Å². The van der Waals surface area contributed by atoms with Gasteiger partial charge in [-0.05, 0) is 29.8 Å². The molecule has 8 nitrogen and oxygen atoms in total. The SMILES string of the molecule is Nc1c(C(=O)NCc2ccc3c(c2)OCO3)nnn1-c1ccccc1Cl. The molecule has 0 saturated carbocycles. The standard InChI is InChI=1S/C17H14ClN5O3/c18-11-3-1-2-4-12(11)23-16(19)15(21-22-23)17(24)20-8-10-5-6-13-14(7-10)26-9-25-13/h1-7H,8-9,19H2,(H,20,24). The van der Waals surface area contributed by atoms with Crippen molar-refractivity contribution in [1.82, 2.24) is 20.3 Å². The minimum Gasteiger partial charge on any atom is -0.454 e. The van der Waals surface area contributed by atoms with E-state index in [-0.39, 0.29) is 24.8 Å². The molecule has 1 aliphatic rings. The Morgan fingerprint density at radius 2 is 2.04 bits per heavy atom. The van der Waals surface area contributed by atoms with E-state index in [9.17, 15) is 4.79 Å². The van der Waals surface area contributed by atoms with Gasteiger partial charge in [0, 0.05) is 6.54 Å². The van der Waals surface area contributed by atoms with Crippen LogP contribution < -0.4 is 20.5 Å². The number of nitrogens with zero attached hydrogens (tertiary/aromatic N) is 3. The first-order valence-corrected chi connectivity index (χ1v) is 8.14. The van der Waals surface area contributed by atoms with Crippen LogP contribution in [-0.2, 0) is 6.54 Å². The van der Waals surface area contributed by atoms with Gasteiger partial charge in [0.1, 0.15) is 0 Å². The van der Waals surface area contributed by atoms with Gasteiger partial charge < -0.3 is 20.5 Å². The lowest BCUT2D eigenvalue weighted by atomic mass is 10.2. The number of ether oxygens (including phenoxy) is 2. The van der Waals surface area contributed by atoms with E-state index >= 15 is 0 Å². The molecule has 0 aliphatic carbocycles. The number of nitrogens with two attached hydrogens (primary N) is 1. The number of fused-ring (bicyclic) bond motifs is 1. The molecule has 2 aromatic carbocycles. The number of aromatic nitrogens is 3. The summed E-state index contributed by atoms with van der Waals surface area (Å²) < 4.78 is 11.9. The summed E-state index contributed by atoms with van der Waals surface area (Å²) in [5, 5.41) is 11.0. The van der Waals surface area contributed by atoms with Crippen molar-refractivity contribution in [2.45, 2.75) is 6.54 Å². The number of nitrogens with one attached hydrogen (secondary N) is 1.